The first-order valence-corrected chi connectivity index (χ1v) is 6.76. The van der Waals surface area contributed by atoms with E-state index in [2.05, 4.69) is 0 Å². The van der Waals surface area contributed by atoms with Gasteiger partial charge < -0.3 is 4.42 Å². The fourth-order valence-electron chi connectivity index (χ4n) is 2.44. The molecule has 1 heterocycles. The molecule has 0 aliphatic heterocycles. The van der Waals surface area contributed by atoms with Crippen molar-refractivity contribution in [1.82, 2.24) is 0 Å². The molecular weight excluding hydrogens is 280 g/mol. The van der Waals surface area contributed by atoms with Gasteiger partial charge in [-0.2, -0.15) is 0 Å². The quantitative estimate of drug-likeness (QED) is 0.549. The molecule has 0 aliphatic rings. The van der Waals surface area contributed by atoms with Crippen LogP contribution in [0.2, 0.25) is 0 Å². The minimum absolute atomic E-state index is 0.102. The largest absolute Gasteiger partial charge is 0.422 e. The number of fused-ring (bicyclic) bond motifs is 1. The second-order valence-corrected chi connectivity index (χ2v) is 4.89. The summed E-state index contributed by atoms with van der Waals surface area (Å²) in [6.45, 7) is 1.25. The van der Waals surface area contributed by atoms with E-state index in [4.69, 9.17) is 4.42 Å². The lowest BCUT2D eigenvalue weighted by atomic mass is 9.94. The molecule has 3 rings (SSSR count). The third-order valence-electron chi connectivity index (χ3n) is 3.43. The number of carbonyl (C=O) groups is 2. The Morgan fingerprint density at radius 1 is 0.864 bits per heavy atom. The second kappa shape index (κ2) is 5.41. The highest BCUT2D eigenvalue weighted by Crippen LogP contribution is 2.23. The monoisotopic (exact) mass is 292 g/mol. The molecule has 2 aromatic carbocycles. The lowest BCUT2D eigenvalue weighted by molar-refractivity contribution is 0.0987. The molecule has 3 aromatic rings. The van der Waals surface area contributed by atoms with Crippen LogP contribution in [0.5, 0.6) is 0 Å². The molecule has 0 bridgehead atoms. The van der Waals surface area contributed by atoms with Gasteiger partial charge in [0.1, 0.15) is 11.1 Å². The van der Waals surface area contributed by atoms with Gasteiger partial charge in [-0.05, 0) is 13.0 Å². The van der Waals surface area contributed by atoms with Crippen LogP contribution in [0.1, 0.15) is 33.2 Å². The normalized spacial score (nSPS) is 10.6. The summed E-state index contributed by atoms with van der Waals surface area (Å²) < 4.78 is 5.15. The second-order valence-electron chi connectivity index (χ2n) is 4.89. The van der Waals surface area contributed by atoms with Gasteiger partial charge in [0, 0.05) is 10.9 Å². The van der Waals surface area contributed by atoms with Crippen molar-refractivity contribution in [3.05, 3.63) is 81.7 Å². The lowest BCUT2D eigenvalue weighted by Gasteiger charge is -2.08. The molecule has 4 heteroatoms. The smallest absolute Gasteiger partial charge is 0.347 e. The third-order valence-corrected chi connectivity index (χ3v) is 3.43. The predicted molar refractivity (Wildman–Crippen MR) is 82.4 cm³/mol. The fraction of sp³-hybridized carbons (Fsp3) is 0.0556. The number of hydrogen-bond acceptors (Lipinski definition) is 4. The van der Waals surface area contributed by atoms with Gasteiger partial charge in [-0.1, -0.05) is 48.5 Å². The molecule has 0 saturated heterocycles. The number of hydrogen-bond donors (Lipinski definition) is 0. The van der Waals surface area contributed by atoms with E-state index in [1.807, 2.05) is 0 Å². The Balaban J connectivity index is 2.40. The van der Waals surface area contributed by atoms with Crippen molar-refractivity contribution in [2.24, 2.45) is 0 Å². The molecule has 0 fully saturated rings. The van der Waals surface area contributed by atoms with Crippen LogP contribution in [0.4, 0.5) is 0 Å². The number of Topliss-reactive ketones (excluding diaryl/α,β-unsaturated/α-hetero) is 1. The zero-order valence-corrected chi connectivity index (χ0v) is 11.8. The highest BCUT2D eigenvalue weighted by Gasteiger charge is 2.24. The van der Waals surface area contributed by atoms with Crippen LogP contribution in [0.15, 0.2) is 63.8 Å². The van der Waals surface area contributed by atoms with Gasteiger partial charge in [0.2, 0.25) is 0 Å². The number of rotatable bonds is 3. The van der Waals surface area contributed by atoms with Crippen LogP contribution in [0.3, 0.4) is 0 Å². The number of para-hydroxylation sites is 1. The van der Waals surface area contributed by atoms with E-state index in [-0.39, 0.29) is 22.5 Å². The Hall–Kier alpha value is -3.01. The highest BCUT2D eigenvalue weighted by molar-refractivity contribution is 6.21. The molecule has 1 aromatic heterocycles. The summed E-state index contributed by atoms with van der Waals surface area (Å²) in [4.78, 5) is 36.8. The molecule has 0 amide bonds. The summed E-state index contributed by atoms with van der Waals surface area (Å²) in [5.74, 6) is -0.853. The average molecular weight is 292 g/mol. The fourth-order valence-corrected chi connectivity index (χ4v) is 2.44. The Morgan fingerprint density at radius 3 is 2.18 bits per heavy atom. The van der Waals surface area contributed by atoms with Crippen LogP contribution in [-0.4, -0.2) is 11.6 Å². The Labute approximate surface area is 126 Å². The SMILES string of the molecule is CC(=O)c1c(C(=O)c2ccccc2)c2ccccc2oc1=O. The van der Waals surface area contributed by atoms with Crippen molar-refractivity contribution in [2.45, 2.75) is 6.92 Å². The van der Waals surface area contributed by atoms with Gasteiger partial charge in [-0.3, -0.25) is 9.59 Å². The van der Waals surface area contributed by atoms with Crippen molar-refractivity contribution in [2.75, 3.05) is 0 Å². The highest BCUT2D eigenvalue weighted by atomic mass is 16.4. The van der Waals surface area contributed by atoms with Crippen LogP contribution in [0, 0.1) is 0 Å². The van der Waals surface area contributed by atoms with Gasteiger partial charge in [0.25, 0.3) is 0 Å². The number of benzene rings is 2. The van der Waals surface area contributed by atoms with Crippen molar-refractivity contribution in [3.63, 3.8) is 0 Å². The molecule has 0 unspecified atom stereocenters. The third kappa shape index (κ3) is 2.24. The summed E-state index contributed by atoms with van der Waals surface area (Å²) in [6.07, 6.45) is 0. The summed E-state index contributed by atoms with van der Waals surface area (Å²) in [5, 5.41) is 0.459. The van der Waals surface area contributed by atoms with E-state index in [1.165, 1.54) is 6.92 Å². The van der Waals surface area contributed by atoms with E-state index in [0.717, 1.165) is 0 Å². The summed E-state index contributed by atoms with van der Waals surface area (Å²) in [7, 11) is 0. The first kappa shape index (κ1) is 13.9. The maximum atomic E-state index is 12.8. The molecule has 0 N–H and O–H groups in total. The molecule has 0 radical (unpaired) electrons. The van der Waals surface area contributed by atoms with Gasteiger partial charge >= 0.3 is 5.63 Å². The lowest BCUT2D eigenvalue weighted by Crippen LogP contribution is -2.19. The Bertz CT molecular complexity index is 936. The minimum Gasteiger partial charge on any atom is -0.422 e. The standard InChI is InChI=1S/C18H12O4/c1-11(19)15-16(17(20)12-7-3-2-4-8-12)13-9-5-6-10-14(13)22-18(15)21/h2-10H,1H3. The Kier molecular flexibility index (Phi) is 3.43. The molecule has 108 valence electrons. The van der Waals surface area contributed by atoms with E-state index in [1.54, 1.807) is 54.6 Å². The van der Waals surface area contributed by atoms with Crippen LogP contribution >= 0.6 is 0 Å². The van der Waals surface area contributed by atoms with Gasteiger partial charge in [0.05, 0.1) is 5.56 Å². The molecule has 22 heavy (non-hydrogen) atoms. The van der Waals surface area contributed by atoms with E-state index < -0.39 is 11.4 Å². The van der Waals surface area contributed by atoms with E-state index >= 15 is 0 Å². The van der Waals surface area contributed by atoms with Crippen molar-refractivity contribution in [1.29, 1.82) is 0 Å². The molecule has 0 atom stereocenters. The zero-order chi connectivity index (χ0) is 15.7. The van der Waals surface area contributed by atoms with Crippen molar-refractivity contribution in [3.8, 4) is 0 Å². The van der Waals surface area contributed by atoms with Crippen LogP contribution in [0.25, 0.3) is 11.0 Å². The Morgan fingerprint density at radius 2 is 1.50 bits per heavy atom. The van der Waals surface area contributed by atoms with Gasteiger partial charge in [0.15, 0.2) is 11.6 Å². The molecule has 0 saturated carbocycles. The summed E-state index contributed by atoms with van der Waals surface area (Å²) in [6, 6.07) is 15.3. The number of carbonyl (C=O) groups excluding carboxylic acids is 2. The molecule has 4 nitrogen and oxygen atoms in total. The summed E-state index contributed by atoms with van der Waals surface area (Å²) in [5.41, 5.74) is -0.180. The molecule has 0 aliphatic carbocycles. The first-order chi connectivity index (χ1) is 10.6. The van der Waals surface area contributed by atoms with Crippen LogP contribution in [-0.2, 0) is 0 Å². The summed E-state index contributed by atoms with van der Waals surface area (Å²) >= 11 is 0. The van der Waals surface area contributed by atoms with Crippen LogP contribution < -0.4 is 5.63 Å². The minimum atomic E-state index is -0.787. The van der Waals surface area contributed by atoms with E-state index in [9.17, 15) is 14.4 Å². The maximum Gasteiger partial charge on any atom is 0.347 e. The van der Waals surface area contributed by atoms with Gasteiger partial charge in [-0.15, -0.1) is 0 Å². The molecule has 0 spiro atoms. The maximum absolute atomic E-state index is 12.8. The number of ketones is 2. The topological polar surface area (TPSA) is 64.3 Å². The van der Waals surface area contributed by atoms with Crippen molar-refractivity contribution >= 4 is 22.5 Å². The van der Waals surface area contributed by atoms with E-state index in [0.29, 0.717) is 10.9 Å². The van der Waals surface area contributed by atoms with Crippen molar-refractivity contribution < 1.29 is 14.0 Å². The first-order valence-electron chi connectivity index (χ1n) is 6.76. The average Bonchev–Trinajstić information content (AvgIpc) is 2.53. The zero-order valence-electron chi connectivity index (χ0n) is 11.8. The predicted octanol–water partition coefficient (Wildman–Crippen LogP) is 3.23. The molecular formula is C18H12O4. The van der Waals surface area contributed by atoms with Gasteiger partial charge in [-0.25, -0.2) is 4.79 Å².